The average molecular weight is 226 g/mol. The molecular weight excluding hydrogens is 200 g/mol. The van der Waals surface area contributed by atoms with Crippen molar-refractivity contribution in [3.8, 4) is 0 Å². The van der Waals surface area contributed by atoms with Crippen molar-refractivity contribution in [1.29, 1.82) is 0 Å². The van der Waals surface area contributed by atoms with Gasteiger partial charge in [0.25, 0.3) is 0 Å². The molecule has 1 fully saturated rings. The summed E-state index contributed by atoms with van der Waals surface area (Å²) in [4.78, 5) is 11.3. The van der Waals surface area contributed by atoms with Crippen LogP contribution in [0.1, 0.15) is 60.3 Å². The van der Waals surface area contributed by atoms with Crippen LogP contribution in [0.5, 0.6) is 0 Å². The number of carbonyl (C=O) groups is 1. The zero-order chi connectivity index (χ0) is 12.6. The molecule has 1 saturated carbocycles. The van der Waals surface area contributed by atoms with E-state index < -0.39 is 5.97 Å². The molecule has 1 N–H and O–H groups in total. The summed E-state index contributed by atoms with van der Waals surface area (Å²) in [6.45, 7) is 11.1. The molecule has 16 heavy (non-hydrogen) atoms. The normalized spacial score (nSPS) is 26.3. The van der Waals surface area contributed by atoms with Crippen LogP contribution in [0.15, 0.2) is 0 Å². The highest BCUT2D eigenvalue weighted by Gasteiger charge is 2.42. The standard InChI is InChI=1S/C14H26O2/c1-6-11(12(15)16)10-7-13(2,3)9-14(4,5)8-10/h10-11H,6-9H2,1-5H3,(H,15,16). The van der Waals surface area contributed by atoms with E-state index in [-0.39, 0.29) is 16.7 Å². The quantitative estimate of drug-likeness (QED) is 0.791. The highest BCUT2D eigenvalue weighted by atomic mass is 16.4. The second kappa shape index (κ2) is 4.38. The third kappa shape index (κ3) is 3.23. The first kappa shape index (κ1) is 13.5. The molecular formula is C14H26O2. The summed E-state index contributed by atoms with van der Waals surface area (Å²) in [7, 11) is 0. The van der Waals surface area contributed by atoms with Crippen LogP contribution < -0.4 is 0 Å². The zero-order valence-electron chi connectivity index (χ0n) is 11.3. The Balaban J connectivity index is 2.84. The van der Waals surface area contributed by atoms with Gasteiger partial charge in [-0.15, -0.1) is 0 Å². The van der Waals surface area contributed by atoms with E-state index in [1.807, 2.05) is 6.92 Å². The fraction of sp³-hybridized carbons (Fsp3) is 0.929. The van der Waals surface area contributed by atoms with Gasteiger partial charge in [-0.1, -0.05) is 34.6 Å². The Morgan fingerprint density at radius 1 is 1.25 bits per heavy atom. The first-order valence-electron chi connectivity index (χ1n) is 6.40. The van der Waals surface area contributed by atoms with Crippen molar-refractivity contribution in [2.24, 2.45) is 22.7 Å². The maximum atomic E-state index is 11.3. The Labute approximate surface area is 99.4 Å². The van der Waals surface area contributed by atoms with E-state index in [1.54, 1.807) is 0 Å². The number of carboxylic acid groups (broad SMARTS) is 1. The highest BCUT2D eigenvalue weighted by molar-refractivity contribution is 5.70. The van der Waals surface area contributed by atoms with Crippen molar-refractivity contribution in [1.82, 2.24) is 0 Å². The summed E-state index contributed by atoms with van der Waals surface area (Å²) in [5.74, 6) is -0.416. The van der Waals surface area contributed by atoms with E-state index >= 15 is 0 Å². The molecule has 2 nitrogen and oxygen atoms in total. The second-order valence-corrected chi connectivity index (χ2v) is 7.03. The number of carboxylic acids is 1. The van der Waals surface area contributed by atoms with Crippen LogP contribution in [0, 0.1) is 22.7 Å². The van der Waals surface area contributed by atoms with Crippen molar-refractivity contribution >= 4 is 5.97 Å². The van der Waals surface area contributed by atoms with E-state index in [4.69, 9.17) is 0 Å². The average Bonchev–Trinajstić information content (AvgIpc) is 1.97. The lowest BCUT2D eigenvalue weighted by atomic mass is 9.59. The van der Waals surface area contributed by atoms with Gasteiger partial charge in [0.2, 0.25) is 0 Å². The van der Waals surface area contributed by atoms with Crippen molar-refractivity contribution in [3.63, 3.8) is 0 Å². The molecule has 0 amide bonds. The molecule has 1 unspecified atom stereocenters. The number of hydrogen-bond donors (Lipinski definition) is 1. The van der Waals surface area contributed by atoms with Gasteiger partial charge in [0, 0.05) is 0 Å². The Morgan fingerprint density at radius 2 is 1.69 bits per heavy atom. The molecule has 1 rings (SSSR count). The van der Waals surface area contributed by atoms with Gasteiger partial charge in [-0.3, -0.25) is 4.79 Å². The summed E-state index contributed by atoms with van der Waals surface area (Å²) in [6.07, 6.45) is 4.07. The van der Waals surface area contributed by atoms with Crippen LogP contribution in [0.3, 0.4) is 0 Å². The first-order valence-corrected chi connectivity index (χ1v) is 6.40. The molecule has 1 aliphatic carbocycles. The van der Waals surface area contributed by atoms with Gasteiger partial charge in [-0.05, 0) is 42.4 Å². The highest BCUT2D eigenvalue weighted by Crippen LogP contribution is 2.50. The van der Waals surface area contributed by atoms with Crippen molar-refractivity contribution in [2.75, 3.05) is 0 Å². The van der Waals surface area contributed by atoms with Crippen molar-refractivity contribution in [3.05, 3.63) is 0 Å². The van der Waals surface area contributed by atoms with E-state index in [2.05, 4.69) is 27.7 Å². The lowest BCUT2D eigenvalue weighted by molar-refractivity contribution is -0.145. The molecule has 0 spiro atoms. The van der Waals surface area contributed by atoms with E-state index in [0.29, 0.717) is 5.92 Å². The molecule has 0 aromatic heterocycles. The fourth-order valence-corrected chi connectivity index (χ4v) is 3.93. The summed E-state index contributed by atoms with van der Waals surface area (Å²) in [5.41, 5.74) is 0.574. The molecule has 94 valence electrons. The Bertz CT molecular complexity index is 250. The molecule has 0 radical (unpaired) electrons. The van der Waals surface area contributed by atoms with Gasteiger partial charge in [0.05, 0.1) is 5.92 Å². The minimum atomic E-state index is -0.610. The van der Waals surface area contributed by atoms with E-state index in [9.17, 15) is 9.90 Å². The lowest BCUT2D eigenvalue weighted by Crippen LogP contribution is -2.38. The van der Waals surface area contributed by atoms with Gasteiger partial charge < -0.3 is 5.11 Å². The van der Waals surface area contributed by atoms with Crippen LogP contribution in [0.2, 0.25) is 0 Å². The van der Waals surface area contributed by atoms with Gasteiger partial charge in [0.15, 0.2) is 0 Å². The molecule has 2 heteroatoms. The Kier molecular flexibility index (Phi) is 3.71. The summed E-state index contributed by atoms with van der Waals surface area (Å²) in [6, 6.07) is 0. The Hall–Kier alpha value is -0.530. The predicted molar refractivity (Wildman–Crippen MR) is 66.3 cm³/mol. The summed E-state index contributed by atoms with van der Waals surface area (Å²) < 4.78 is 0. The molecule has 0 aliphatic heterocycles. The topological polar surface area (TPSA) is 37.3 Å². The molecule has 0 heterocycles. The fourth-order valence-electron chi connectivity index (χ4n) is 3.93. The third-order valence-electron chi connectivity index (χ3n) is 3.91. The van der Waals surface area contributed by atoms with Gasteiger partial charge in [0.1, 0.15) is 0 Å². The van der Waals surface area contributed by atoms with Gasteiger partial charge in [-0.2, -0.15) is 0 Å². The number of aliphatic carboxylic acids is 1. The second-order valence-electron chi connectivity index (χ2n) is 7.03. The maximum Gasteiger partial charge on any atom is 0.306 e. The maximum absolute atomic E-state index is 11.3. The molecule has 0 aromatic carbocycles. The summed E-state index contributed by atoms with van der Waals surface area (Å²) in [5, 5.41) is 9.27. The number of rotatable bonds is 3. The monoisotopic (exact) mass is 226 g/mol. The van der Waals surface area contributed by atoms with Crippen LogP contribution in [-0.4, -0.2) is 11.1 Å². The van der Waals surface area contributed by atoms with Crippen LogP contribution in [0.25, 0.3) is 0 Å². The van der Waals surface area contributed by atoms with Crippen LogP contribution in [0.4, 0.5) is 0 Å². The van der Waals surface area contributed by atoms with Gasteiger partial charge in [-0.25, -0.2) is 0 Å². The lowest BCUT2D eigenvalue weighted by Gasteiger charge is -2.46. The number of hydrogen-bond acceptors (Lipinski definition) is 1. The minimum Gasteiger partial charge on any atom is -0.481 e. The smallest absolute Gasteiger partial charge is 0.306 e. The van der Waals surface area contributed by atoms with E-state index in [1.165, 1.54) is 6.42 Å². The van der Waals surface area contributed by atoms with E-state index in [0.717, 1.165) is 19.3 Å². The molecule has 1 atom stereocenters. The molecule has 0 bridgehead atoms. The first-order chi connectivity index (χ1) is 7.17. The third-order valence-corrected chi connectivity index (χ3v) is 3.91. The molecule has 0 aromatic rings. The van der Waals surface area contributed by atoms with Crippen molar-refractivity contribution < 1.29 is 9.90 Å². The van der Waals surface area contributed by atoms with Gasteiger partial charge >= 0.3 is 5.97 Å². The van der Waals surface area contributed by atoms with Crippen LogP contribution >= 0.6 is 0 Å². The molecule has 0 saturated heterocycles. The largest absolute Gasteiger partial charge is 0.481 e. The molecule has 1 aliphatic rings. The van der Waals surface area contributed by atoms with Crippen LogP contribution in [-0.2, 0) is 4.79 Å². The SMILES string of the molecule is CCC(C(=O)O)C1CC(C)(C)CC(C)(C)C1. The van der Waals surface area contributed by atoms with Crippen molar-refractivity contribution in [2.45, 2.75) is 60.3 Å². The predicted octanol–water partition coefficient (Wildman–Crippen LogP) is 3.95. The minimum absolute atomic E-state index is 0.154. The zero-order valence-corrected chi connectivity index (χ0v) is 11.3. The Morgan fingerprint density at radius 3 is 2.00 bits per heavy atom. The summed E-state index contributed by atoms with van der Waals surface area (Å²) >= 11 is 0.